The van der Waals surface area contributed by atoms with E-state index < -0.39 is 17.4 Å². The minimum atomic E-state index is -0.813. The van der Waals surface area contributed by atoms with Crippen LogP contribution in [0, 0.1) is 5.41 Å². The Morgan fingerprint density at radius 2 is 2.30 bits per heavy atom. The van der Waals surface area contributed by atoms with E-state index in [1.165, 1.54) is 6.20 Å². The zero-order valence-electron chi connectivity index (χ0n) is 11.6. The molecule has 1 aromatic rings. The molecule has 0 aliphatic carbocycles. The van der Waals surface area contributed by atoms with E-state index in [2.05, 4.69) is 4.98 Å². The van der Waals surface area contributed by atoms with Gasteiger partial charge in [-0.25, -0.2) is 4.79 Å². The predicted octanol–water partition coefficient (Wildman–Crippen LogP) is 1.56. The molecule has 1 aliphatic heterocycles. The predicted molar refractivity (Wildman–Crippen MR) is 72.8 cm³/mol. The molecule has 1 fully saturated rings. The lowest BCUT2D eigenvalue weighted by atomic mass is 9.90. The molecule has 108 valence electrons. The zero-order valence-corrected chi connectivity index (χ0v) is 11.6. The van der Waals surface area contributed by atoms with Crippen LogP contribution >= 0.6 is 0 Å². The smallest absolute Gasteiger partial charge is 0.341 e. The van der Waals surface area contributed by atoms with E-state index in [9.17, 15) is 14.7 Å². The van der Waals surface area contributed by atoms with Crippen LogP contribution in [0.2, 0.25) is 0 Å². The van der Waals surface area contributed by atoms with E-state index in [-0.39, 0.29) is 0 Å². The number of nitrogens with zero attached hydrogens (tertiary/aromatic N) is 2. The zero-order chi connectivity index (χ0) is 14.8. The normalized spacial score (nSPS) is 21.8. The molecule has 1 aliphatic rings. The second-order valence-electron chi connectivity index (χ2n) is 5.15. The molecule has 0 amide bonds. The molecule has 20 heavy (non-hydrogen) atoms. The molecule has 1 N–H and O–H groups in total. The number of carboxylic acid groups (broad SMARTS) is 1. The summed E-state index contributed by atoms with van der Waals surface area (Å²) in [7, 11) is 0. The summed E-state index contributed by atoms with van der Waals surface area (Å²) in [6.07, 6.45) is 3.60. The standard InChI is InChI=1S/C14H18N2O4/c1-3-20-12(17)10-8-15-6-4-11(10)16-7-5-14(2,9-16)13(18)19/h4,6,8H,3,5,7,9H2,1-2H3,(H,18,19). The number of carbonyl (C=O) groups excluding carboxylic acids is 1. The van der Waals surface area contributed by atoms with Crippen LogP contribution in [0.4, 0.5) is 5.69 Å². The number of hydrogen-bond acceptors (Lipinski definition) is 5. The maximum Gasteiger partial charge on any atom is 0.341 e. The highest BCUT2D eigenvalue weighted by molar-refractivity contribution is 5.95. The van der Waals surface area contributed by atoms with Crippen LogP contribution in [0.1, 0.15) is 30.6 Å². The molecule has 1 aromatic heterocycles. The first-order valence-corrected chi connectivity index (χ1v) is 6.57. The Bertz CT molecular complexity index is 532. The van der Waals surface area contributed by atoms with Crippen LogP contribution in [0.3, 0.4) is 0 Å². The van der Waals surface area contributed by atoms with Gasteiger partial charge in [0.05, 0.1) is 17.7 Å². The Hall–Kier alpha value is -2.11. The number of pyridine rings is 1. The Kier molecular flexibility index (Phi) is 3.92. The van der Waals surface area contributed by atoms with Crippen LogP contribution in [-0.4, -0.2) is 41.7 Å². The minimum Gasteiger partial charge on any atom is -0.481 e. The highest BCUT2D eigenvalue weighted by Crippen LogP contribution is 2.34. The van der Waals surface area contributed by atoms with Crippen LogP contribution in [0.25, 0.3) is 0 Å². The van der Waals surface area contributed by atoms with Crippen molar-refractivity contribution in [2.45, 2.75) is 20.3 Å². The molecular formula is C14H18N2O4. The molecule has 2 heterocycles. The lowest BCUT2D eigenvalue weighted by molar-refractivity contribution is -0.146. The molecule has 1 atom stereocenters. The van der Waals surface area contributed by atoms with E-state index in [1.54, 1.807) is 26.1 Å². The molecule has 0 bridgehead atoms. The van der Waals surface area contributed by atoms with Crippen LogP contribution in [0.15, 0.2) is 18.5 Å². The summed E-state index contributed by atoms with van der Waals surface area (Å²) in [5.41, 5.74) is 0.280. The second kappa shape index (κ2) is 5.48. The number of carbonyl (C=O) groups is 2. The summed E-state index contributed by atoms with van der Waals surface area (Å²) in [6, 6.07) is 1.72. The molecule has 1 saturated heterocycles. The van der Waals surface area contributed by atoms with E-state index in [0.717, 1.165) is 0 Å². The number of aliphatic carboxylic acids is 1. The Balaban J connectivity index is 2.26. The summed E-state index contributed by atoms with van der Waals surface area (Å²) in [6.45, 7) is 4.73. The maximum atomic E-state index is 11.9. The number of esters is 1. The van der Waals surface area contributed by atoms with Crippen molar-refractivity contribution >= 4 is 17.6 Å². The van der Waals surface area contributed by atoms with E-state index in [4.69, 9.17) is 4.74 Å². The van der Waals surface area contributed by atoms with Gasteiger partial charge < -0.3 is 14.7 Å². The maximum absolute atomic E-state index is 11.9. The fourth-order valence-electron chi connectivity index (χ4n) is 2.37. The van der Waals surface area contributed by atoms with Crippen LogP contribution in [0.5, 0.6) is 0 Å². The highest BCUT2D eigenvalue weighted by atomic mass is 16.5. The fourth-order valence-corrected chi connectivity index (χ4v) is 2.37. The van der Waals surface area contributed by atoms with Crippen molar-refractivity contribution in [1.82, 2.24) is 4.98 Å². The third kappa shape index (κ3) is 2.59. The Morgan fingerprint density at radius 3 is 2.90 bits per heavy atom. The number of anilines is 1. The molecule has 2 rings (SSSR count). The monoisotopic (exact) mass is 278 g/mol. The molecular weight excluding hydrogens is 260 g/mol. The first kappa shape index (κ1) is 14.3. The first-order chi connectivity index (χ1) is 9.48. The van der Waals surface area contributed by atoms with Gasteiger partial charge in [-0.1, -0.05) is 0 Å². The molecule has 6 nitrogen and oxygen atoms in total. The Labute approximate surface area is 117 Å². The van der Waals surface area contributed by atoms with Gasteiger partial charge in [-0.15, -0.1) is 0 Å². The van der Waals surface area contributed by atoms with Gasteiger partial charge in [-0.2, -0.15) is 0 Å². The molecule has 0 spiro atoms. The summed E-state index contributed by atoms with van der Waals surface area (Å²) in [4.78, 5) is 29.1. The largest absolute Gasteiger partial charge is 0.481 e. The molecule has 1 unspecified atom stereocenters. The van der Waals surface area contributed by atoms with Crippen LogP contribution in [-0.2, 0) is 9.53 Å². The third-order valence-corrected chi connectivity index (χ3v) is 3.62. The van der Waals surface area contributed by atoms with Gasteiger partial charge in [-0.3, -0.25) is 9.78 Å². The van der Waals surface area contributed by atoms with Crippen LogP contribution < -0.4 is 4.90 Å². The average molecular weight is 278 g/mol. The minimum absolute atomic E-state index is 0.292. The third-order valence-electron chi connectivity index (χ3n) is 3.62. The van der Waals surface area contributed by atoms with Crippen molar-refractivity contribution in [2.24, 2.45) is 5.41 Å². The first-order valence-electron chi connectivity index (χ1n) is 6.57. The fraction of sp³-hybridized carbons (Fsp3) is 0.500. The highest BCUT2D eigenvalue weighted by Gasteiger charge is 2.41. The van der Waals surface area contributed by atoms with Crippen molar-refractivity contribution in [2.75, 3.05) is 24.6 Å². The second-order valence-corrected chi connectivity index (χ2v) is 5.15. The lowest BCUT2D eigenvalue weighted by Crippen LogP contribution is -2.32. The van der Waals surface area contributed by atoms with E-state index >= 15 is 0 Å². The van der Waals surface area contributed by atoms with Crippen molar-refractivity contribution in [3.63, 3.8) is 0 Å². The van der Waals surface area contributed by atoms with Crippen molar-refractivity contribution in [1.29, 1.82) is 0 Å². The van der Waals surface area contributed by atoms with Gasteiger partial charge >= 0.3 is 11.9 Å². The lowest BCUT2D eigenvalue weighted by Gasteiger charge is -2.23. The van der Waals surface area contributed by atoms with Gasteiger partial charge in [-0.05, 0) is 26.3 Å². The van der Waals surface area contributed by atoms with Crippen molar-refractivity contribution in [3.05, 3.63) is 24.0 Å². The van der Waals surface area contributed by atoms with Crippen molar-refractivity contribution in [3.8, 4) is 0 Å². The van der Waals surface area contributed by atoms with Gasteiger partial charge in [0.15, 0.2) is 0 Å². The number of aromatic nitrogens is 1. The summed E-state index contributed by atoms with van der Waals surface area (Å²) < 4.78 is 5.01. The van der Waals surface area contributed by atoms with Gasteiger partial charge in [0.25, 0.3) is 0 Å². The molecule has 6 heteroatoms. The van der Waals surface area contributed by atoms with Crippen molar-refractivity contribution < 1.29 is 19.4 Å². The average Bonchev–Trinajstić information content (AvgIpc) is 2.83. The number of hydrogen-bond donors (Lipinski definition) is 1. The van der Waals surface area contributed by atoms with Gasteiger partial charge in [0, 0.05) is 25.5 Å². The molecule has 0 radical (unpaired) electrons. The number of rotatable bonds is 4. The number of ether oxygens (including phenoxy) is 1. The van der Waals surface area contributed by atoms with E-state index in [0.29, 0.717) is 37.4 Å². The summed E-state index contributed by atoms with van der Waals surface area (Å²) in [5, 5.41) is 9.27. The SMILES string of the molecule is CCOC(=O)c1cnccc1N1CCC(C)(C(=O)O)C1. The Morgan fingerprint density at radius 1 is 1.55 bits per heavy atom. The molecule has 0 aromatic carbocycles. The van der Waals surface area contributed by atoms with Gasteiger partial charge in [0.2, 0.25) is 0 Å². The summed E-state index contributed by atoms with van der Waals surface area (Å²) >= 11 is 0. The number of carboxylic acids is 1. The summed E-state index contributed by atoms with van der Waals surface area (Å²) in [5.74, 6) is -1.24. The quantitative estimate of drug-likeness (QED) is 0.842. The molecule has 0 saturated carbocycles. The van der Waals surface area contributed by atoms with E-state index in [1.807, 2.05) is 4.90 Å². The topological polar surface area (TPSA) is 79.7 Å². The van der Waals surface area contributed by atoms with Gasteiger partial charge in [0.1, 0.15) is 5.56 Å².